The highest BCUT2D eigenvalue weighted by atomic mass is 32.2. The predicted octanol–water partition coefficient (Wildman–Crippen LogP) is 3.26. The van der Waals surface area contributed by atoms with Gasteiger partial charge in [-0.1, -0.05) is 23.8 Å². The molecule has 10 heteroatoms. The molecule has 3 N–H and O–H groups in total. The highest BCUT2D eigenvalue weighted by molar-refractivity contribution is 7.97. The molecule has 9 nitrogen and oxygen atoms in total. The summed E-state index contributed by atoms with van der Waals surface area (Å²) in [7, 11) is 0. The number of nitrogens with one attached hydrogen (secondary N) is 3. The number of nitrogens with zero attached hydrogens (tertiary/aromatic N) is 2. The molecule has 3 heterocycles. The highest BCUT2D eigenvalue weighted by Crippen LogP contribution is 2.30. The van der Waals surface area contributed by atoms with Crippen LogP contribution in [0.5, 0.6) is 0 Å². The Hall–Kier alpha value is -3.11. The molecule has 1 aromatic heterocycles. The number of carbonyl (C=O) groups excluding carboxylic acids is 3. The Labute approximate surface area is 235 Å². The number of esters is 1. The first-order valence-corrected chi connectivity index (χ1v) is 14.6. The number of aromatic nitrogens is 1. The Balaban J connectivity index is 1.16. The summed E-state index contributed by atoms with van der Waals surface area (Å²) in [6, 6.07) is 11.6. The second kappa shape index (κ2) is 14.3. The topological polar surface area (TPSA) is 113 Å². The van der Waals surface area contributed by atoms with Gasteiger partial charge in [-0.25, -0.2) is 14.1 Å². The maximum Gasteiger partial charge on any atom is 0.330 e. The zero-order valence-electron chi connectivity index (χ0n) is 22.8. The van der Waals surface area contributed by atoms with Gasteiger partial charge in [0.15, 0.2) is 0 Å². The number of hydrogen-bond donors (Lipinski definition) is 3. The predicted molar refractivity (Wildman–Crippen MR) is 152 cm³/mol. The maximum atomic E-state index is 12.8. The fourth-order valence-electron chi connectivity index (χ4n) is 4.56. The van der Waals surface area contributed by atoms with Crippen LogP contribution in [0.2, 0.25) is 0 Å². The SMILES string of the molecule is CCOC(=O)C(CNC(=O)CCCCc1ccc2c(n1)NCCC2)NC(=O)C1CN(Sc2ccc(C)cc2)C1. The molecule has 1 atom stereocenters. The average molecular weight is 554 g/mol. The first-order chi connectivity index (χ1) is 18.9. The van der Waals surface area contributed by atoms with Crippen LogP contribution in [0.1, 0.15) is 49.4 Å². The summed E-state index contributed by atoms with van der Waals surface area (Å²) in [4.78, 5) is 43.5. The minimum Gasteiger partial charge on any atom is -0.464 e. The van der Waals surface area contributed by atoms with Crippen molar-refractivity contribution in [3.8, 4) is 0 Å². The van der Waals surface area contributed by atoms with Crippen molar-refractivity contribution >= 4 is 35.5 Å². The van der Waals surface area contributed by atoms with Crippen LogP contribution < -0.4 is 16.0 Å². The Morgan fingerprint density at radius 3 is 2.72 bits per heavy atom. The summed E-state index contributed by atoms with van der Waals surface area (Å²) >= 11 is 1.62. The van der Waals surface area contributed by atoms with E-state index in [-0.39, 0.29) is 30.9 Å². The fourth-order valence-corrected chi connectivity index (χ4v) is 5.62. The molecular formula is C29H39N5O4S. The summed E-state index contributed by atoms with van der Waals surface area (Å²) in [6.07, 6.45) is 4.91. The monoisotopic (exact) mass is 553 g/mol. The summed E-state index contributed by atoms with van der Waals surface area (Å²) in [6.45, 7) is 6.14. The normalized spacial score (nSPS) is 15.8. The van der Waals surface area contributed by atoms with E-state index in [2.05, 4.69) is 56.7 Å². The van der Waals surface area contributed by atoms with Crippen molar-refractivity contribution in [1.29, 1.82) is 0 Å². The molecule has 4 rings (SSSR count). The van der Waals surface area contributed by atoms with Crippen LogP contribution >= 0.6 is 11.9 Å². The smallest absolute Gasteiger partial charge is 0.330 e. The van der Waals surface area contributed by atoms with Crippen molar-refractivity contribution < 1.29 is 19.1 Å². The molecule has 1 aromatic carbocycles. The molecule has 2 aliphatic heterocycles. The Morgan fingerprint density at radius 2 is 1.95 bits per heavy atom. The molecule has 39 heavy (non-hydrogen) atoms. The highest BCUT2D eigenvalue weighted by Gasteiger charge is 2.35. The third-order valence-corrected chi connectivity index (χ3v) is 7.94. The van der Waals surface area contributed by atoms with E-state index in [1.807, 2.05) is 6.92 Å². The molecule has 1 saturated heterocycles. The van der Waals surface area contributed by atoms with Gasteiger partial charge in [0.25, 0.3) is 0 Å². The van der Waals surface area contributed by atoms with Crippen molar-refractivity contribution in [2.75, 3.05) is 38.1 Å². The van der Waals surface area contributed by atoms with Gasteiger partial charge in [0.05, 0.1) is 12.5 Å². The van der Waals surface area contributed by atoms with Crippen molar-refractivity contribution in [2.45, 2.75) is 63.3 Å². The molecule has 2 aliphatic rings. The van der Waals surface area contributed by atoms with Gasteiger partial charge in [-0.2, -0.15) is 0 Å². The van der Waals surface area contributed by atoms with Crippen molar-refractivity contribution in [3.63, 3.8) is 0 Å². The molecule has 0 saturated carbocycles. The third kappa shape index (κ3) is 8.69. The van der Waals surface area contributed by atoms with E-state index in [4.69, 9.17) is 9.72 Å². The van der Waals surface area contributed by atoms with E-state index in [9.17, 15) is 14.4 Å². The zero-order valence-corrected chi connectivity index (χ0v) is 23.6. The quantitative estimate of drug-likeness (QED) is 0.197. The van der Waals surface area contributed by atoms with Gasteiger partial charge in [0.1, 0.15) is 11.9 Å². The Kier molecular flexibility index (Phi) is 10.6. The second-order valence-electron chi connectivity index (χ2n) is 10.1. The molecule has 1 unspecified atom stereocenters. The minimum atomic E-state index is -0.910. The fraction of sp³-hybridized carbons (Fsp3) is 0.517. The number of amides is 2. The van der Waals surface area contributed by atoms with Gasteiger partial charge >= 0.3 is 5.97 Å². The van der Waals surface area contributed by atoms with Gasteiger partial charge < -0.3 is 20.7 Å². The van der Waals surface area contributed by atoms with Crippen LogP contribution in [-0.2, 0) is 32.0 Å². The number of fused-ring (bicyclic) bond motifs is 1. The molecular weight excluding hydrogens is 514 g/mol. The molecule has 1 fully saturated rings. The van der Waals surface area contributed by atoms with Crippen LogP contribution in [0.3, 0.4) is 0 Å². The van der Waals surface area contributed by atoms with E-state index < -0.39 is 12.0 Å². The van der Waals surface area contributed by atoms with E-state index in [1.165, 1.54) is 11.1 Å². The summed E-state index contributed by atoms with van der Waals surface area (Å²) < 4.78 is 7.25. The number of unbranched alkanes of at least 4 members (excludes halogenated alkanes) is 1. The lowest BCUT2D eigenvalue weighted by Gasteiger charge is -2.37. The number of ether oxygens (including phenoxy) is 1. The van der Waals surface area contributed by atoms with Crippen molar-refractivity contribution in [1.82, 2.24) is 19.9 Å². The van der Waals surface area contributed by atoms with Crippen molar-refractivity contribution in [2.24, 2.45) is 5.92 Å². The molecule has 0 aliphatic carbocycles. The first kappa shape index (κ1) is 28.9. The molecule has 2 aromatic rings. The number of hydrogen-bond acceptors (Lipinski definition) is 8. The first-order valence-electron chi connectivity index (χ1n) is 13.9. The van der Waals surface area contributed by atoms with E-state index in [0.717, 1.165) is 48.6 Å². The summed E-state index contributed by atoms with van der Waals surface area (Å²) in [5.74, 6) is -0.104. The standard InChI is InChI=1S/C29H39N5O4S/c1-3-38-29(37)25(33-28(36)22-18-34(19-22)39-24-14-10-20(2)11-15-24)17-31-26(35)9-5-4-8-23-13-12-21-7-6-16-30-27(21)32-23/h10-15,22,25H,3-9,16-19H2,1-2H3,(H,30,32)(H,31,35)(H,33,36). The zero-order chi connectivity index (χ0) is 27.6. The maximum absolute atomic E-state index is 12.8. The Morgan fingerprint density at radius 1 is 1.15 bits per heavy atom. The van der Waals surface area contributed by atoms with Gasteiger partial charge in [-0.3, -0.25) is 9.59 Å². The minimum absolute atomic E-state index is 0.00993. The van der Waals surface area contributed by atoms with Gasteiger partial charge in [0, 0.05) is 43.2 Å². The molecule has 0 spiro atoms. The number of anilines is 1. The largest absolute Gasteiger partial charge is 0.464 e. The number of pyridine rings is 1. The van der Waals surface area contributed by atoms with E-state index in [0.29, 0.717) is 25.9 Å². The van der Waals surface area contributed by atoms with Crippen molar-refractivity contribution in [3.05, 3.63) is 53.2 Å². The van der Waals surface area contributed by atoms with Gasteiger partial charge in [-0.15, -0.1) is 0 Å². The summed E-state index contributed by atoms with van der Waals surface area (Å²) in [5.41, 5.74) is 3.50. The molecule has 210 valence electrons. The van der Waals surface area contributed by atoms with Crippen LogP contribution in [0.15, 0.2) is 41.3 Å². The van der Waals surface area contributed by atoms with Crippen LogP contribution in [0, 0.1) is 12.8 Å². The second-order valence-corrected chi connectivity index (χ2v) is 11.3. The lowest BCUT2D eigenvalue weighted by molar-refractivity contribution is -0.148. The number of benzene rings is 1. The third-order valence-electron chi connectivity index (χ3n) is 6.90. The number of rotatable bonds is 13. The van der Waals surface area contributed by atoms with E-state index >= 15 is 0 Å². The number of aryl methyl sites for hydroxylation is 3. The van der Waals surface area contributed by atoms with Crippen LogP contribution in [0.4, 0.5) is 5.82 Å². The lowest BCUT2D eigenvalue weighted by atomic mass is 10.0. The van der Waals surface area contributed by atoms with Gasteiger partial charge in [0.2, 0.25) is 11.8 Å². The lowest BCUT2D eigenvalue weighted by Crippen LogP contribution is -2.56. The molecule has 0 bridgehead atoms. The summed E-state index contributed by atoms with van der Waals surface area (Å²) in [5, 5.41) is 8.93. The van der Waals surface area contributed by atoms with Gasteiger partial charge in [-0.05, 0) is 81.7 Å². The average Bonchev–Trinajstić information content (AvgIpc) is 2.91. The van der Waals surface area contributed by atoms with Crippen LogP contribution in [-0.4, -0.2) is 65.9 Å². The van der Waals surface area contributed by atoms with Crippen LogP contribution in [0.25, 0.3) is 0 Å². The van der Waals surface area contributed by atoms with E-state index in [1.54, 1.807) is 18.9 Å². The Bertz CT molecular complexity index is 1140. The molecule has 2 amide bonds. The molecule has 0 radical (unpaired) electrons. The number of carbonyl (C=O) groups is 3.